The summed E-state index contributed by atoms with van der Waals surface area (Å²) in [6.07, 6.45) is 0. The third-order valence-corrected chi connectivity index (χ3v) is 4.48. The first-order valence-corrected chi connectivity index (χ1v) is 8.93. The summed E-state index contributed by atoms with van der Waals surface area (Å²) in [6.45, 7) is -0.0499. The van der Waals surface area contributed by atoms with E-state index in [1.807, 2.05) is 30.3 Å². The Labute approximate surface area is 165 Å². The molecule has 146 valence electrons. The number of hydrogen-bond acceptors (Lipinski definition) is 5. The summed E-state index contributed by atoms with van der Waals surface area (Å²) in [5, 5.41) is 18.1. The van der Waals surface area contributed by atoms with Gasteiger partial charge in [0.15, 0.2) is 5.65 Å². The highest BCUT2D eigenvalue weighted by Gasteiger charge is 2.19. The number of aromatic amines is 1. The fraction of sp³-hybridized carbons (Fsp3) is 0.100. The van der Waals surface area contributed by atoms with Crippen molar-refractivity contribution in [3.05, 3.63) is 60.2 Å². The van der Waals surface area contributed by atoms with Crippen LogP contribution in [0.1, 0.15) is 10.4 Å². The number of carbonyl (C=O) groups is 2. The van der Waals surface area contributed by atoms with Crippen LogP contribution in [-0.2, 0) is 11.8 Å². The van der Waals surface area contributed by atoms with Gasteiger partial charge in [-0.15, -0.1) is 0 Å². The zero-order valence-electron chi connectivity index (χ0n) is 15.6. The number of primary amides is 1. The molecule has 0 atom stereocenters. The van der Waals surface area contributed by atoms with Crippen molar-refractivity contribution in [2.24, 2.45) is 12.8 Å². The molecule has 0 radical (unpaired) electrons. The first kappa shape index (κ1) is 18.2. The summed E-state index contributed by atoms with van der Waals surface area (Å²) in [5.74, 6) is -0.411. The molecule has 0 aliphatic carbocycles. The van der Waals surface area contributed by atoms with Crippen LogP contribution >= 0.6 is 0 Å². The molecule has 5 N–H and O–H groups in total. The third-order valence-electron chi connectivity index (χ3n) is 4.48. The maximum absolute atomic E-state index is 12.5. The number of carbonyl (C=O) groups excluding carboxylic acids is 2. The van der Waals surface area contributed by atoms with E-state index in [0.717, 1.165) is 16.6 Å². The Morgan fingerprint density at radius 2 is 1.83 bits per heavy atom. The summed E-state index contributed by atoms with van der Waals surface area (Å²) in [4.78, 5) is 24.0. The fourth-order valence-corrected chi connectivity index (χ4v) is 3.14. The number of anilines is 2. The molecule has 9 nitrogen and oxygen atoms in total. The molecule has 0 saturated carbocycles. The minimum atomic E-state index is -0.563. The molecule has 2 aromatic carbocycles. The van der Waals surface area contributed by atoms with Crippen molar-refractivity contribution in [3.8, 4) is 11.3 Å². The molecule has 0 bridgehead atoms. The highest BCUT2D eigenvalue weighted by atomic mass is 16.2. The van der Waals surface area contributed by atoms with Gasteiger partial charge in [0, 0.05) is 18.3 Å². The van der Waals surface area contributed by atoms with E-state index < -0.39 is 5.91 Å². The molecule has 0 aliphatic rings. The number of H-pyrrole nitrogens is 1. The third kappa shape index (κ3) is 3.53. The first-order valence-electron chi connectivity index (χ1n) is 8.93. The number of para-hydroxylation sites is 1. The minimum absolute atomic E-state index is 0.0499. The van der Waals surface area contributed by atoms with Crippen molar-refractivity contribution >= 4 is 34.4 Å². The van der Waals surface area contributed by atoms with Gasteiger partial charge in [0.25, 0.3) is 5.91 Å². The second-order valence-electron chi connectivity index (χ2n) is 6.45. The largest absolute Gasteiger partial charge is 0.376 e. The summed E-state index contributed by atoms with van der Waals surface area (Å²) in [6, 6.07) is 16.4. The lowest BCUT2D eigenvalue weighted by Gasteiger charge is -2.09. The van der Waals surface area contributed by atoms with Gasteiger partial charge >= 0.3 is 0 Å². The van der Waals surface area contributed by atoms with Crippen LogP contribution in [0.2, 0.25) is 0 Å². The van der Waals surface area contributed by atoms with Crippen LogP contribution in [0, 0.1) is 0 Å². The maximum Gasteiger partial charge on any atom is 0.250 e. The SMILES string of the molecule is Cn1nc(-c2ccccc2)c2c(NC(=O)CNc3ccccc3C(N)=O)[nH]nc21. The quantitative estimate of drug-likeness (QED) is 0.401. The van der Waals surface area contributed by atoms with E-state index in [0.29, 0.717) is 22.7 Å². The van der Waals surface area contributed by atoms with Crippen LogP contribution in [-0.4, -0.2) is 38.3 Å². The maximum atomic E-state index is 12.5. The number of amides is 2. The van der Waals surface area contributed by atoms with Crippen LogP contribution in [0.3, 0.4) is 0 Å². The van der Waals surface area contributed by atoms with Crippen LogP contribution < -0.4 is 16.4 Å². The Morgan fingerprint density at radius 1 is 1.10 bits per heavy atom. The van der Waals surface area contributed by atoms with Crippen LogP contribution in [0.25, 0.3) is 22.3 Å². The second kappa shape index (κ2) is 7.47. The van der Waals surface area contributed by atoms with Crippen LogP contribution in [0.5, 0.6) is 0 Å². The van der Waals surface area contributed by atoms with Crippen molar-refractivity contribution in [2.75, 3.05) is 17.2 Å². The van der Waals surface area contributed by atoms with Crippen molar-refractivity contribution in [3.63, 3.8) is 0 Å². The number of nitrogens with zero attached hydrogens (tertiary/aromatic N) is 3. The van der Waals surface area contributed by atoms with Crippen molar-refractivity contribution in [1.29, 1.82) is 0 Å². The average Bonchev–Trinajstić information content (AvgIpc) is 3.28. The van der Waals surface area contributed by atoms with Crippen molar-refractivity contribution in [2.45, 2.75) is 0 Å². The number of aryl methyl sites for hydroxylation is 1. The minimum Gasteiger partial charge on any atom is -0.376 e. The fourth-order valence-electron chi connectivity index (χ4n) is 3.14. The number of nitrogens with two attached hydrogens (primary N) is 1. The zero-order chi connectivity index (χ0) is 20.4. The Morgan fingerprint density at radius 3 is 2.59 bits per heavy atom. The molecule has 0 fully saturated rings. The summed E-state index contributed by atoms with van der Waals surface area (Å²) >= 11 is 0. The van der Waals surface area contributed by atoms with E-state index in [2.05, 4.69) is 25.9 Å². The van der Waals surface area contributed by atoms with Gasteiger partial charge in [-0.3, -0.25) is 14.7 Å². The lowest BCUT2D eigenvalue weighted by molar-refractivity contribution is -0.114. The van der Waals surface area contributed by atoms with Gasteiger partial charge in [-0.1, -0.05) is 42.5 Å². The molecule has 4 aromatic rings. The normalized spacial score (nSPS) is 10.8. The number of nitrogens with one attached hydrogen (secondary N) is 3. The van der Waals surface area contributed by atoms with E-state index in [9.17, 15) is 9.59 Å². The molecule has 2 heterocycles. The van der Waals surface area contributed by atoms with E-state index in [1.54, 1.807) is 36.0 Å². The molecular weight excluding hydrogens is 370 g/mol. The van der Waals surface area contributed by atoms with E-state index >= 15 is 0 Å². The predicted octanol–water partition coefficient (Wildman–Crippen LogP) is 2.11. The van der Waals surface area contributed by atoms with Gasteiger partial charge in [0.05, 0.1) is 17.5 Å². The van der Waals surface area contributed by atoms with Crippen molar-refractivity contribution < 1.29 is 9.59 Å². The molecular formula is C20H19N7O2. The predicted molar refractivity (Wildman–Crippen MR) is 110 cm³/mol. The zero-order valence-corrected chi connectivity index (χ0v) is 15.6. The Hall–Kier alpha value is -4.14. The van der Waals surface area contributed by atoms with E-state index in [1.165, 1.54) is 0 Å². The molecule has 0 unspecified atom stereocenters. The molecule has 9 heteroatoms. The molecule has 2 aromatic heterocycles. The summed E-state index contributed by atoms with van der Waals surface area (Å²) < 4.78 is 1.66. The number of benzene rings is 2. The van der Waals surface area contributed by atoms with Gasteiger partial charge in [-0.2, -0.15) is 10.2 Å². The number of rotatable bonds is 6. The van der Waals surface area contributed by atoms with Crippen molar-refractivity contribution in [1.82, 2.24) is 20.0 Å². The first-order chi connectivity index (χ1) is 14.0. The average molecular weight is 389 g/mol. The summed E-state index contributed by atoms with van der Waals surface area (Å²) in [5.41, 5.74) is 8.46. The van der Waals surface area contributed by atoms with E-state index in [4.69, 9.17) is 5.73 Å². The Balaban J connectivity index is 1.56. The van der Waals surface area contributed by atoms with Gasteiger partial charge in [0.1, 0.15) is 11.5 Å². The van der Waals surface area contributed by atoms with Gasteiger partial charge in [0.2, 0.25) is 5.91 Å². The highest BCUT2D eigenvalue weighted by molar-refractivity contribution is 6.06. The highest BCUT2D eigenvalue weighted by Crippen LogP contribution is 2.31. The Kier molecular flexibility index (Phi) is 4.70. The van der Waals surface area contributed by atoms with Gasteiger partial charge < -0.3 is 16.4 Å². The second-order valence-corrected chi connectivity index (χ2v) is 6.45. The van der Waals surface area contributed by atoms with E-state index in [-0.39, 0.29) is 12.5 Å². The molecule has 4 rings (SSSR count). The molecule has 0 saturated heterocycles. The topological polar surface area (TPSA) is 131 Å². The number of aromatic nitrogens is 4. The summed E-state index contributed by atoms with van der Waals surface area (Å²) in [7, 11) is 1.80. The molecule has 0 aliphatic heterocycles. The monoisotopic (exact) mass is 389 g/mol. The molecule has 0 spiro atoms. The van der Waals surface area contributed by atoms with Gasteiger partial charge in [-0.25, -0.2) is 4.68 Å². The van der Waals surface area contributed by atoms with Gasteiger partial charge in [-0.05, 0) is 12.1 Å². The number of hydrogen-bond donors (Lipinski definition) is 4. The van der Waals surface area contributed by atoms with Crippen LogP contribution in [0.15, 0.2) is 54.6 Å². The Bertz CT molecular complexity index is 1190. The smallest absolute Gasteiger partial charge is 0.250 e. The number of fused-ring (bicyclic) bond motifs is 1. The lowest BCUT2D eigenvalue weighted by Crippen LogP contribution is -2.23. The molecule has 2 amide bonds. The standard InChI is InChI=1S/C20H19N7O2/c1-27-20-16(17(26-27)12-7-3-2-4-8-12)19(24-25-20)23-15(28)11-22-14-10-6-5-9-13(14)18(21)29/h2-10,22H,11H2,1H3,(H2,21,29)(H2,23,24,25,28). The lowest BCUT2D eigenvalue weighted by atomic mass is 10.1. The molecule has 29 heavy (non-hydrogen) atoms. The van der Waals surface area contributed by atoms with Crippen LogP contribution in [0.4, 0.5) is 11.5 Å².